The largest absolute Gasteiger partial charge is 0.389 e. The molecular weight excluding hydrogens is 297 g/mol. The molecule has 0 radical (unpaired) electrons. The van der Waals surface area contributed by atoms with Gasteiger partial charge in [-0.05, 0) is 31.0 Å². The number of carbonyl (C=O) groups excluding carboxylic acids is 1. The van der Waals surface area contributed by atoms with Crippen LogP contribution in [-0.4, -0.2) is 26.2 Å². The van der Waals surface area contributed by atoms with Crippen molar-refractivity contribution >= 4 is 11.6 Å². The Labute approximate surface area is 134 Å². The van der Waals surface area contributed by atoms with Gasteiger partial charge in [-0.3, -0.25) is 4.79 Å². The van der Waals surface area contributed by atoms with Gasteiger partial charge in [-0.25, -0.2) is 9.37 Å². The molecular formula is C17H20FN3O2. The number of benzene rings is 1. The summed E-state index contributed by atoms with van der Waals surface area (Å²) in [7, 11) is 0. The van der Waals surface area contributed by atoms with Gasteiger partial charge in [0, 0.05) is 18.1 Å². The zero-order chi connectivity index (χ0) is 16.3. The van der Waals surface area contributed by atoms with Crippen molar-refractivity contribution in [2.24, 2.45) is 0 Å². The van der Waals surface area contributed by atoms with E-state index in [0.29, 0.717) is 24.2 Å². The highest BCUT2D eigenvalue weighted by molar-refractivity contribution is 5.91. The molecule has 2 N–H and O–H groups in total. The van der Waals surface area contributed by atoms with Crippen LogP contribution >= 0.6 is 0 Å². The summed E-state index contributed by atoms with van der Waals surface area (Å²) in [5, 5.41) is 13.1. The topological polar surface area (TPSA) is 67.2 Å². The van der Waals surface area contributed by atoms with Crippen molar-refractivity contribution in [3.63, 3.8) is 0 Å². The van der Waals surface area contributed by atoms with Crippen LogP contribution in [-0.2, 0) is 4.79 Å². The third-order valence-electron chi connectivity index (χ3n) is 4.29. The number of aromatic nitrogens is 2. The standard InChI is InChI=1S/C17H20FN3O2/c18-14-10-13(4-5-15(14)21-9-8-19-12-21)20-16(22)11-17(23)6-2-1-3-7-17/h4-5,8-10,12,23H,1-3,6-7,11H2,(H,20,22). The molecule has 1 amide bonds. The smallest absolute Gasteiger partial charge is 0.227 e. The Morgan fingerprint density at radius 1 is 1.35 bits per heavy atom. The minimum Gasteiger partial charge on any atom is -0.389 e. The van der Waals surface area contributed by atoms with Crippen LogP contribution in [0.1, 0.15) is 38.5 Å². The van der Waals surface area contributed by atoms with E-state index in [4.69, 9.17) is 0 Å². The van der Waals surface area contributed by atoms with Gasteiger partial charge in [0.15, 0.2) is 0 Å². The molecule has 2 aromatic rings. The fourth-order valence-electron chi connectivity index (χ4n) is 3.09. The first-order chi connectivity index (χ1) is 11.1. The molecule has 1 aliphatic carbocycles. The number of anilines is 1. The third-order valence-corrected chi connectivity index (χ3v) is 4.29. The lowest BCUT2D eigenvalue weighted by Gasteiger charge is -2.31. The van der Waals surface area contributed by atoms with Crippen molar-refractivity contribution in [3.05, 3.63) is 42.7 Å². The highest BCUT2D eigenvalue weighted by atomic mass is 19.1. The quantitative estimate of drug-likeness (QED) is 0.911. The third kappa shape index (κ3) is 3.76. The monoisotopic (exact) mass is 317 g/mol. The Kier molecular flexibility index (Phi) is 4.43. The number of nitrogens with zero attached hydrogens (tertiary/aromatic N) is 2. The van der Waals surface area contributed by atoms with Gasteiger partial charge >= 0.3 is 0 Å². The van der Waals surface area contributed by atoms with Crippen LogP contribution in [0.4, 0.5) is 10.1 Å². The van der Waals surface area contributed by atoms with Gasteiger partial charge in [-0.2, -0.15) is 0 Å². The maximum Gasteiger partial charge on any atom is 0.227 e. The summed E-state index contributed by atoms with van der Waals surface area (Å²) in [6.45, 7) is 0. The number of nitrogens with one attached hydrogen (secondary N) is 1. The average Bonchev–Trinajstić information content (AvgIpc) is 3.01. The summed E-state index contributed by atoms with van der Waals surface area (Å²) in [4.78, 5) is 16.0. The van der Waals surface area contributed by atoms with E-state index in [0.717, 1.165) is 19.3 Å². The molecule has 0 unspecified atom stereocenters. The predicted octanol–water partition coefficient (Wildman–Crippen LogP) is 3.04. The number of aliphatic hydroxyl groups is 1. The van der Waals surface area contributed by atoms with Crippen molar-refractivity contribution in [2.45, 2.75) is 44.1 Å². The number of carbonyl (C=O) groups is 1. The van der Waals surface area contributed by atoms with Crippen LogP contribution in [0, 0.1) is 5.82 Å². The van der Waals surface area contributed by atoms with Gasteiger partial charge in [-0.1, -0.05) is 19.3 Å². The van der Waals surface area contributed by atoms with E-state index in [2.05, 4.69) is 10.3 Å². The molecule has 23 heavy (non-hydrogen) atoms. The second-order valence-electron chi connectivity index (χ2n) is 6.15. The Morgan fingerprint density at radius 2 is 2.13 bits per heavy atom. The van der Waals surface area contributed by atoms with E-state index in [-0.39, 0.29) is 12.3 Å². The summed E-state index contributed by atoms with van der Waals surface area (Å²) in [6, 6.07) is 4.50. The average molecular weight is 317 g/mol. The van der Waals surface area contributed by atoms with Crippen molar-refractivity contribution < 1.29 is 14.3 Å². The molecule has 0 saturated heterocycles. The Hall–Kier alpha value is -2.21. The molecule has 3 rings (SSSR count). The number of rotatable bonds is 4. The van der Waals surface area contributed by atoms with Crippen molar-refractivity contribution in [2.75, 3.05) is 5.32 Å². The molecule has 6 heteroatoms. The van der Waals surface area contributed by atoms with Gasteiger partial charge in [0.1, 0.15) is 5.82 Å². The number of halogens is 1. The van der Waals surface area contributed by atoms with Crippen molar-refractivity contribution in [1.82, 2.24) is 9.55 Å². The molecule has 1 aliphatic rings. The lowest BCUT2D eigenvalue weighted by atomic mass is 9.82. The van der Waals surface area contributed by atoms with Crippen LogP contribution in [0.25, 0.3) is 5.69 Å². The molecule has 1 aromatic heterocycles. The summed E-state index contributed by atoms with van der Waals surface area (Å²) < 4.78 is 15.7. The minimum absolute atomic E-state index is 0.0535. The highest BCUT2D eigenvalue weighted by Crippen LogP contribution is 2.31. The molecule has 1 aromatic carbocycles. The van der Waals surface area contributed by atoms with Gasteiger partial charge in [-0.15, -0.1) is 0 Å². The second kappa shape index (κ2) is 6.50. The molecule has 1 heterocycles. The number of imidazole rings is 1. The molecule has 0 atom stereocenters. The molecule has 122 valence electrons. The van der Waals surface area contributed by atoms with Gasteiger partial charge in [0.2, 0.25) is 5.91 Å². The minimum atomic E-state index is -0.919. The number of hydrogen-bond acceptors (Lipinski definition) is 3. The fraction of sp³-hybridized carbons (Fsp3) is 0.412. The Morgan fingerprint density at radius 3 is 2.78 bits per heavy atom. The number of amides is 1. The van der Waals surface area contributed by atoms with E-state index in [1.807, 2.05) is 0 Å². The van der Waals surface area contributed by atoms with Gasteiger partial charge in [0.25, 0.3) is 0 Å². The summed E-state index contributed by atoms with van der Waals surface area (Å²) in [5.41, 5.74) is -0.167. The predicted molar refractivity (Wildman–Crippen MR) is 84.8 cm³/mol. The van der Waals surface area contributed by atoms with Crippen LogP contribution in [0.5, 0.6) is 0 Å². The lowest BCUT2D eigenvalue weighted by Crippen LogP contribution is -2.35. The summed E-state index contributed by atoms with van der Waals surface area (Å²) in [5.74, 6) is -0.735. The van der Waals surface area contributed by atoms with Crippen molar-refractivity contribution in [3.8, 4) is 5.69 Å². The maximum atomic E-state index is 14.1. The van der Waals surface area contributed by atoms with E-state index in [9.17, 15) is 14.3 Å². The zero-order valence-electron chi connectivity index (χ0n) is 12.8. The Balaban J connectivity index is 1.66. The van der Waals surface area contributed by atoms with Crippen LogP contribution in [0.2, 0.25) is 0 Å². The van der Waals surface area contributed by atoms with Gasteiger partial charge < -0.3 is 15.0 Å². The molecule has 0 spiro atoms. The highest BCUT2D eigenvalue weighted by Gasteiger charge is 2.31. The summed E-state index contributed by atoms with van der Waals surface area (Å²) in [6.07, 6.45) is 9.06. The van der Waals surface area contributed by atoms with Crippen LogP contribution < -0.4 is 5.32 Å². The normalized spacial score (nSPS) is 17.0. The number of hydrogen-bond donors (Lipinski definition) is 2. The molecule has 5 nitrogen and oxygen atoms in total. The van der Waals surface area contributed by atoms with Crippen LogP contribution in [0.3, 0.4) is 0 Å². The maximum absolute atomic E-state index is 14.1. The molecule has 1 fully saturated rings. The SMILES string of the molecule is O=C(CC1(O)CCCCC1)Nc1ccc(-n2ccnc2)c(F)c1. The first-order valence-corrected chi connectivity index (χ1v) is 7.86. The van der Waals surface area contributed by atoms with E-state index in [1.54, 1.807) is 29.1 Å². The first-order valence-electron chi connectivity index (χ1n) is 7.86. The molecule has 0 aliphatic heterocycles. The van der Waals surface area contributed by atoms with Gasteiger partial charge in [0.05, 0.1) is 24.0 Å². The van der Waals surface area contributed by atoms with Crippen LogP contribution in [0.15, 0.2) is 36.9 Å². The zero-order valence-corrected chi connectivity index (χ0v) is 12.8. The molecule has 1 saturated carbocycles. The molecule has 0 bridgehead atoms. The van der Waals surface area contributed by atoms with Crippen molar-refractivity contribution in [1.29, 1.82) is 0 Å². The van der Waals surface area contributed by atoms with E-state index < -0.39 is 11.4 Å². The van der Waals surface area contributed by atoms with E-state index >= 15 is 0 Å². The lowest BCUT2D eigenvalue weighted by molar-refractivity contribution is -0.122. The van der Waals surface area contributed by atoms with E-state index in [1.165, 1.54) is 12.4 Å². The first kappa shape index (κ1) is 15.7. The fourth-order valence-corrected chi connectivity index (χ4v) is 3.09. The second-order valence-corrected chi connectivity index (χ2v) is 6.15. The summed E-state index contributed by atoms with van der Waals surface area (Å²) >= 11 is 0. The Bertz CT molecular complexity index is 679.